The summed E-state index contributed by atoms with van der Waals surface area (Å²) in [5, 5.41) is 0. The molecule has 1 aliphatic heterocycles. The smallest absolute Gasteiger partial charge is 0.243 e. The van der Waals surface area contributed by atoms with Gasteiger partial charge in [-0.2, -0.15) is 4.31 Å². The number of benzene rings is 2. The molecule has 0 spiro atoms. The van der Waals surface area contributed by atoms with Gasteiger partial charge in [-0.1, -0.05) is 48.5 Å². The van der Waals surface area contributed by atoms with Crippen LogP contribution >= 0.6 is 0 Å². The van der Waals surface area contributed by atoms with Crippen LogP contribution < -0.4 is 0 Å². The molecule has 1 amide bonds. The van der Waals surface area contributed by atoms with Crippen LogP contribution in [0.15, 0.2) is 65.6 Å². The first kappa shape index (κ1) is 18.6. The van der Waals surface area contributed by atoms with Crippen LogP contribution in [0.4, 0.5) is 0 Å². The van der Waals surface area contributed by atoms with Crippen molar-refractivity contribution < 1.29 is 13.2 Å². The van der Waals surface area contributed by atoms with Gasteiger partial charge in [0.15, 0.2) is 0 Å². The molecular formula is C20H24N2O3S. The van der Waals surface area contributed by atoms with Crippen molar-refractivity contribution in [3.8, 4) is 0 Å². The van der Waals surface area contributed by atoms with Gasteiger partial charge in [-0.15, -0.1) is 0 Å². The van der Waals surface area contributed by atoms with E-state index >= 15 is 0 Å². The average molecular weight is 372 g/mol. The van der Waals surface area contributed by atoms with Crippen molar-refractivity contribution in [2.45, 2.75) is 24.3 Å². The van der Waals surface area contributed by atoms with Crippen LogP contribution in [0.2, 0.25) is 0 Å². The number of rotatable bonds is 5. The molecular weight excluding hydrogens is 348 g/mol. The van der Waals surface area contributed by atoms with E-state index in [1.54, 1.807) is 42.3 Å². The summed E-state index contributed by atoms with van der Waals surface area (Å²) >= 11 is 0. The Balaban J connectivity index is 1.69. The highest BCUT2D eigenvalue weighted by Gasteiger charge is 2.34. The summed E-state index contributed by atoms with van der Waals surface area (Å²) < 4.78 is 27.1. The fourth-order valence-electron chi connectivity index (χ4n) is 3.35. The molecule has 5 nitrogen and oxygen atoms in total. The SMILES string of the molecule is CN(Cc1ccccc1)C(=O)[C@@H]1CCCN(S(=O)(=O)c2ccccc2)C1. The zero-order chi connectivity index (χ0) is 18.6. The van der Waals surface area contributed by atoms with E-state index in [4.69, 9.17) is 0 Å². The van der Waals surface area contributed by atoms with Crippen LogP contribution in [0.5, 0.6) is 0 Å². The molecule has 1 atom stereocenters. The summed E-state index contributed by atoms with van der Waals surface area (Å²) in [5.74, 6) is -0.294. The van der Waals surface area contributed by atoms with E-state index < -0.39 is 10.0 Å². The molecule has 26 heavy (non-hydrogen) atoms. The number of carbonyl (C=O) groups excluding carboxylic acids is 1. The molecule has 6 heteroatoms. The molecule has 0 unspecified atom stereocenters. The fourth-order valence-corrected chi connectivity index (χ4v) is 4.90. The molecule has 1 saturated heterocycles. The van der Waals surface area contributed by atoms with Gasteiger partial charge in [0.2, 0.25) is 15.9 Å². The van der Waals surface area contributed by atoms with Crippen molar-refractivity contribution in [1.82, 2.24) is 9.21 Å². The van der Waals surface area contributed by atoms with Gasteiger partial charge in [0, 0.05) is 26.7 Å². The van der Waals surface area contributed by atoms with Crippen LogP contribution in [0.1, 0.15) is 18.4 Å². The Hall–Kier alpha value is -2.18. The normalized spacial score (nSPS) is 18.4. The Bertz CT molecular complexity index is 838. The van der Waals surface area contributed by atoms with Gasteiger partial charge in [0.25, 0.3) is 0 Å². The largest absolute Gasteiger partial charge is 0.341 e. The van der Waals surface area contributed by atoms with E-state index in [9.17, 15) is 13.2 Å². The first-order valence-electron chi connectivity index (χ1n) is 8.82. The van der Waals surface area contributed by atoms with Gasteiger partial charge in [-0.05, 0) is 30.5 Å². The second kappa shape index (κ2) is 8.01. The van der Waals surface area contributed by atoms with Gasteiger partial charge in [0.05, 0.1) is 10.8 Å². The Morgan fingerprint density at radius 1 is 1.08 bits per heavy atom. The highest BCUT2D eigenvalue weighted by Crippen LogP contribution is 2.25. The lowest BCUT2D eigenvalue weighted by atomic mass is 9.98. The summed E-state index contributed by atoms with van der Waals surface area (Å²) in [6, 6.07) is 18.2. The maximum absolute atomic E-state index is 12.8. The fraction of sp³-hybridized carbons (Fsp3) is 0.350. The van der Waals surface area contributed by atoms with E-state index in [0.29, 0.717) is 19.5 Å². The topological polar surface area (TPSA) is 57.7 Å². The highest BCUT2D eigenvalue weighted by atomic mass is 32.2. The Kier molecular flexibility index (Phi) is 5.74. The number of hydrogen-bond acceptors (Lipinski definition) is 3. The first-order chi connectivity index (χ1) is 12.5. The molecule has 138 valence electrons. The van der Waals surface area contributed by atoms with Gasteiger partial charge in [-0.25, -0.2) is 8.42 Å². The second-order valence-electron chi connectivity index (χ2n) is 6.70. The summed E-state index contributed by atoms with van der Waals surface area (Å²) in [7, 11) is -1.77. The van der Waals surface area contributed by atoms with Gasteiger partial charge in [0.1, 0.15) is 0 Å². The quantitative estimate of drug-likeness (QED) is 0.811. The predicted octanol–water partition coefficient (Wildman–Crippen LogP) is 2.75. The molecule has 1 fully saturated rings. The first-order valence-corrected chi connectivity index (χ1v) is 10.3. The van der Waals surface area contributed by atoms with Crippen molar-refractivity contribution >= 4 is 15.9 Å². The van der Waals surface area contributed by atoms with Crippen LogP contribution in [-0.2, 0) is 21.4 Å². The molecule has 3 rings (SSSR count). The zero-order valence-electron chi connectivity index (χ0n) is 14.9. The predicted molar refractivity (Wildman–Crippen MR) is 101 cm³/mol. The Morgan fingerprint density at radius 2 is 1.69 bits per heavy atom. The summed E-state index contributed by atoms with van der Waals surface area (Å²) in [6.45, 7) is 1.24. The standard InChI is InChI=1S/C20H24N2O3S/c1-21(15-17-9-4-2-5-10-17)20(23)18-11-8-14-22(16-18)26(24,25)19-12-6-3-7-13-19/h2-7,9-10,12-13,18H,8,11,14-16H2,1H3/t18-/m1/s1. The van der Waals surface area contributed by atoms with E-state index in [1.807, 2.05) is 30.3 Å². The number of amides is 1. The van der Waals surface area contributed by atoms with Crippen molar-refractivity contribution in [1.29, 1.82) is 0 Å². The lowest BCUT2D eigenvalue weighted by molar-refractivity contribution is -0.135. The molecule has 1 aliphatic rings. The van der Waals surface area contributed by atoms with Gasteiger partial charge >= 0.3 is 0 Å². The molecule has 0 bridgehead atoms. The summed E-state index contributed by atoms with van der Waals surface area (Å²) in [5.41, 5.74) is 1.06. The molecule has 0 aliphatic carbocycles. The average Bonchev–Trinajstić information content (AvgIpc) is 2.69. The number of nitrogens with zero attached hydrogens (tertiary/aromatic N) is 2. The van der Waals surface area contributed by atoms with Gasteiger partial charge < -0.3 is 4.90 Å². The Morgan fingerprint density at radius 3 is 2.35 bits per heavy atom. The minimum Gasteiger partial charge on any atom is -0.341 e. The third-order valence-electron chi connectivity index (χ3n) is 4.75. The minimum atomic E-state index is -3.55. The molecule has 2 aromatic rings. The van der Waals surface area contributed by atoms with Crippen molar-refractivity contribution in [3.63, 3.8) is 0 Å². The molecule has 0 N–H and O–H groups in total. The monoisotopic (exact) mass is 372 g/mol. The summed E-state index contributed by atoms with van der Waals surface area (Å²) in [6.07, 6.45) is 1.42. The number of sulfonamides is 1. The van der Waals surface area contributed by atoms with E-state index in [-0.39, 0.29) is 23.3 Å². The summed E-state index contributed by atoms with van der Waals surface area (Å²) in [4.78, 5) is 14.8. The number of carbonyl (C=O) groups is 1. The third-order valence-corrected chi connectivity index (χ3v) is 6.63. The van der Waals surface area contributed by atoms with Gasteiger partial charge in [-0.3, -0.25) is 4.79 Å². The Labute approximate surface area is 155 Å². The molecule has 1 heterocycles. The van der Waals surface area contributed by atoms with Crippen LogP contribution in [0, 0.1) is 5.92 Å². The molecule has 0 aromatic heterocycles. The lowest BCUT2D eigenvalue weighted by Crippen LogP contribution is -2.45. The molecule has 2 aromatic carbocycles. The van der Waals surface area contributed by atoms with Crippen molar-refractivity contribution in [2.75, 3.05) is 20.1 Å². The maximum atomic E-state index is 12.8. The van der Waals surface area contributed by atoms with Crippen LogP contribution in [0.3, 0.4) is 0 Å². The third kappa shape index (κ3) is 4.14. The lowest BCUT2D eigenvalue weighted by Gasteiger charge is -2.33. The van der Waals surface area contributed by atoms with Crippen LogP contribution in [0.25, 0.3) is 0 Å². The van der Waals surface area contributed by atoms with Crippen molar-refractivity contribution in [2.24, 2.45) is 5.92 Å². The highest BCUT2D eigenvalue weighted by molar-refractivity contribution is 7.89. The minimum absolute atomic E-state index is 0.00168. The zero-order valence-corrected chi connectivity index (χ0v) is 15.7. The van der Waals surface area contributed by atoms with Crippen molar-refractivity contribution in [3.05, 3.63) is 66.2 Å². The van der Waals surface area contributed by atoms with E-state index in [0.717, 1.165) is 12.0 Å². The maximum Gasteiger partial charge on any atom is 0.243 e. The van der Waals surface area contributed by atoms with E-state index in [1.165, 1.54) is 4.31 Å². The number of piperidine rings is 1. The number of hydrogen-bond donors (Lipinski definition) is 0. The van der Waals surface area contributed by atoms with Crippen LogP contribution in [-0.4, -0.2) is 43.7 Å². The molecule has 0 radical (unpaired) electrons. The van der Waals surface area contributed by atoms with E-state index in [2.05, 4.69) is 0 Å². The molecule has 0 saturated carbocycles. The second-order valence-corrected chi connectivity index (χ2v) is 8.63.